The Kier molecular flexibility index (Phi) is 2.23. The molecule has 1 aromatic rings. The molecular formula is C13H17N3O. The van der Waals surface area contributed by atoms with Gasteiger partial charge >= 0.3 is 0 Å². The van der Waals surface area contributed by atoms with E-state index in [1.165, 1.54) is 12.8 Å². The van der Waals surface area contributed by atoms with Crippen LogP contribution in [0.25, 0.3) is 0 Å². The first-order valence-corrected chi connectivity index (χ1v) is 6.09. The fourth-order valence-electron chi connectivity index (χ4n) is 2.50. The molecule has 4 nitrogen and oxygen atoms in total. The summed E-state index contributed by atoms with van der Waals surface area (Å²) in [6.07, 6.45) is 4.10. The van der Waals surface area contributed by atoms with Crippen LogP contribution in [0.4, 0.5) is 0 Å². The Hall–Kier alpha value is -1.42. The maximum Gasteiger partial charge on any atom is 0.255 e. The van der Waals surface area contributed by atoms with Crippen molar-refractivity contribution in [2.45, 2.75) is 25.3 Å². The molecule has 1 amide bonds. The lowest BCUT2D eigenvalue weighted by Crippen LogP contribution is -2.69. The number of likely N-dealkylation sites (tertiary alicyclic amines) is 1. The minimum atomic E-state index is -0.103. The van der Waals surface area contributed by atoms with E-state index in [2.05, 4.69) is 4.98 Å². The zero-order chi connectivity index (χ0) is 12.0. The number of carbonyl (C=O) groups excluding carboxylic acids is 1. The average molecular weight is 231 g/mol. The number of rotatable bonds is 2. The maximum atomic E-state index is 12.1. The lowest BCUT2D eigenvalue weighted by atomic mass is 9.85. The standard InChI is InChI=1S/C13H17N3O/c1-9-2-3-10(6-15-9)12(17)16-7-13(14,8-16)11-4-5-11/h2-3,6,11H,4-5,7-8,14H2,1H3. The summed E-state index contributed by atoms with van der Waals surface area (Å²) in [6, 6.07) is 3.70. The molecule has 4 heteroatoms. The first-order chi connectivity index (χ1) is 8.08. The van der Waals surface area contributed by atoms with Gasteiger partial charge in [-0.15, -0.1) is 0 Å². The largest absolute Gasteiger partial charge is 0.335 e. The highest BCUT2D eigenvalue weighted by molar-refractivity contribution is 5.94. The molecule has 0 radical (unpaired) electrons. The van der Waals surface area contributed by atoms with Crippen LogP contribution in [0.5, 0.6) is 0 Å². The summed E-state index contributed by atoms with van der Waals surface area (Å²) < 4.78 is 0. The van der Waals surface area contributed by atoms with E-state index < -0.39 is 0 Å². The third-order valence-corrected chi connectivity index (χ3v) is 3.81. The number of pyridine rings is 1. The molecule has 1 aromatic heterocycles. The number of carbonyl (C=O) groups is 1. The fraction of sp³-hybridized carbons (Fsp3) is 0.538. The van der Waals surface area contributed by atoms with Gasteiger partial charge in [-0.25, -0.2) is 0 Å². The van der Waals surface area contributed by atoms with E-state index in [1.54, 1.807) is 6.20 Å². The zero-order valence-corrected chi connectivity index (χ0v) is 10.0. The molecular weight excluding hydrogens is 214 g/mol. The van der Waals surface area contributed by atoms with Crippen LogP contribution in [0.2, 0.25) is 0 Å². The smallest absolute Gasteiger partial charge is 0.255 e. The predicted octanol–water partition coefficient (Wildman–Crippen LogP) is 0.953. The molecule has 0 spiro atoms. The predicted molar refractivity (Wildman–Crippen MR) is 64.5 cm³/mol. The molecule has 1 saturated carbocycles. The highest BCUT2D eigenvalue weighted by Crippen LogP contribution is 2.43. The lowest BCUT2D eigenvalue weighted by molar-refractivity contribution is 0.0350. The number of hydrogen-bond acceptors (Lipinski definition) is 3. The summed E-state index contributed by atoms with van der Waals surface area (Å²) in [7, 11) is 0. The summed E-state index contributed by atoms with van der Waals surface area (Å²) in [5.41, 5.74) is 7.71. The van der Waals surface area contributed by atoms with Gasteiger partial charge in [0.05, 0.1) is 11.1 Å². The van der Waals surface area contributed by atoms with Crippen LogP contribution in [0, 0.1) is 12.8 Å². The van der Waals surface area contributed by atoms with Crippen molar-refractivity contribution in [2.24, 2.45) is 11.7 Å². The highest BCUT2D eigenvalue weighted by atomic mass is 16.2. The Bertz CT molecular complexity index is 444. The van der Waals surface area contributed by atoms with Crippen LogP contribution in [0.15, 0.2) is 18.3 Å². The van der Waals surface area contributed by atoms with Crippen LogP contribution in [-0.4, -0.2) is 34.4 Å². The van der Waals surface area contributed by atoms with Gasteiger partial charge in [-0.05, 0) is 37.8 Å². The van der Waals surface area contributed by atoms with E-state index in [0.29, 0.717) is 24.6 Å². The Balaban J connectivity index is 1.66. The number of nitrogens with zero attached hydrogens (tertiary/aromatic N) is 2. The summed E-state index contributed by atoms with van der Waals surface area (Å²) in [5.74, 6) is 0.696. The summed E-state index contributed by atoms with van der Waals surface area (Å²) in [5, 5.41) is 0. The molecule has 0 atom stereocenters. The number of hydrogen-bond donors (Lipinski definition) is 1. The Morgan fingerprint density at radius 2 is 2.18 bits per heavy atom. The average Bonchev–Trinajstić information content (AvgIpc) is 3.09. The van der Waals surface area contributed by atoms with E-state index in [0.717, 1.165) is 5.69 Å². The normalized spacial score (nSPS) is 22.1. The lowest BCUT2D eigenvalue weighted by Gasteiger charge is -2.48. The van der Waals surface area contributed by atoms with Gasteiger partial charge in [0.2, 0.25) is 0 Å². The highest BCUT2D eigenvalue weighted by Gasteiger charge is 2.51. The molecule has 2 heterocycles. The van der Waals surface area contributed by atoms with E-state index in [1.807, 2.05) is 24.0 Å². The number of aryl methyl sites for hydroxylation is 1. The molecule has 17 heavy (non-hydrogen) atoms. The molecule has 2 fully saturated rings. The zero-order valence-electron chi connectivity index (χ0n) is 10.0. The van der Waals surface area contributed by atoms with Crippen molar-refractivity contribution < 1.29 is 4.79 Å². The van der Waals surface area contributed by atoms with Gasteiger partial charge in [0.25, 0.3) is 5.91 Å². The van der Waals surface area contributed by atoms with Crippen LogP contribution in [0.3, 0.4) is 0 Å². The van der Waals surface area contributed by atoms with E-state index in [9.17, 15) is 4.79 Å². The van der Waals surface area contributed by atoms with Gasteiger partial charge in [-0.2, -0.15) is 0 Å². The van der Waals surface area contributed by atoms with Gasteiger partial charge in [0, 0.05) is 25.0 Å². The molecule has 0 aromatic carbocycles. The Labute approximate surface area is 101 Å². The number of amides is 1. The molecule has 3 rings (SSSR count). The maximum absolute atomic E-state index is 12.1. The monoisotopic (exact) mass is 231 g/mol. The summed E-state index contributed by atoms with van der Waals surface area (Å²) in [6.45, 7) is 3.31. The second kappa shape index (κ2) is 3.53. The minimum absolute atomic E-state index is 0.0548. The third-order valence-electron chi connectivity index (χ3n) is 3.81. The van der Waals surface area contributed by atoms with Crippen molar-refractivity contribution in [3.05, 3.63) is 29.6 Å². The van der Waals surface area contributed by atoms with Crippen molar-refractivity contribution in [1.82, 2.24) is 9.88 Å². The fourth-order valence-corrected chi connectivity index (χ4v) is 2.50. The van der Waals surface area contributed by atoms with Gasteiger partial charge in [-0.3, -0.25) is 9.78 Å². The Morgan fingerprint density at radius 3 is 2.71 bits per heavy atom. The molecule has 2 aliphatic rings. The molecule has 1 aliphatic heterocycles. The SMILES string of the molecule is Cc1ccc(C(=O)N2CC(N)(C3CC3)C2)cn1. The third kappa shape index (κ3) is 1.82. The van der Waals surface area contributed by atoms with E-state index in [-0.39, 0.29) is 11.4 Å². The topological polar surface area (TPSA) is 59.2 Å². The van der Waals surface area contributed by atoms with Crippen molar-refractivity contribution in [3.8, 4) is 0 Å². The number of aromatic nitrogens is 1. The van der Waals surface area contributed by atoms with Crippen molar-refractivity contribution >= 4 is 5.91 Å². The quantitative estimate of drug-likeness (QED) is 0.824. The van der Waals surface area contributed by atoms with Crippen LogP contribution < -0.4 is 5.73 Å². The molecule has 0 bridgehead atoms. The van der Waals surface area contributed by atoms with Crippen LogP contribution in [0.1, 0.15) is 28.9 Å². The summed E-state index contributed by atoms with van der Waals surface area (Å²) >= 11 is 0. The number of nitrogens with two attached hydrogens (primary N) is 1. The molecule has 1 aliphatic carbocycles. The van der Waals surface area contributed by atoms with Gasteiger partial charge in [0.15, 0.2) is 0 Å². The van der Waals surface area contributed by atoms with Crippen molar-refractivity contribution in [3.63, 3.8) is 0 Å². The molecule has 2 N–H and O–H groups in total. The molecule has 90 valence electrons. The second-order valence-electron chi connectivity index (χ2n) is 5.36. The van der Waals surface area contributed by atoms with Gasteiger partial charge in [0.1, 0.15) is 0 Å². The van der Waals surface area contributed by atoms with Crippen LogP contribution in [-0.2, 0) is 0 Å². The van der Waals surface area contributed by atoms with Crippen molar-refractivity contribution in [1.29, 1.82) is 0 Å². The van der Waals surface area contributed by atoms with E-state index >= 15 is 0 Å². The Morgan fingerprint density at radius 1 is 1.47 bits per heavy atom. The van der Waals surface area contributed by atoms with Crippen LogP contribution >= 0.6 is 0 Å². The first kappa shape index (κ1) is 10.7. The van der Waals surface area contributed by atoms with E-state index in [4.69, 9.17) is 5.73 Å². The van der Waals surface area contributed by atoms with Gasteiger partial charge in [-0.1, -0.05) is 0 Å². The van der Waals surface area contributed by atoms with Gasteiger partial charge < -0.3 is 10.6 Å². The molecule has 0 unspecified atom stereocenters. The van der Waals surface area contributed by atoms with Crippen molar-refractivity contribution in [2.75, 3.05) is 13.1 Å². The molecule has 1 saturated heterocycles. The summed E-state index contributed by atoms with van der Waals surface area (Å²) in [4.78, 5) is 18.1. The second-order valence-corrected chi connectivity index (χ2v) is 5.36. The minimum Gasteiger partial charge on any atom is -0.335 e. The first-order valence-electron chi connectivity index (χ1n) is 6.09.